The summed E-state index contributed by atoms with van der Waals surface area (Å²) >= 11 is 0. The zero-order valence-corrected chi connectivity index (χ0v) is 10.8. The Morgan fingerprint density at radius 3 is 2.63 bits per heavy atom. The van der Waals surface area contributed by atoms with Gasteiger partial charge in [-0.05, 0) is 6.07 Å². The number of nitrogens with two attached hydrogens (primary N) is 1. The summed E-state index contributed by atoms with van der Waals surface area (Å²) in [5.41, 5.74) is 4.83. The van der Waals surface area contributed by atoms with Gasteiger partial charge < -0.3 is 20.5 Å². The number of aliphatic hydroxyl groups is 1. The number of rotatable bonds is 3. The molecular weight excluding hydrogens is 254 g/mol. The Balaban J connectivity index is 2.17. The molecule has 1 saturated heterocycles. The van der Waals surface area contributed by atoms with Crippen molar-refractivity contribution in [2.75, 3.05) is 37.4 Å². The minimum Gasteiger partial charge on any atom is -0.395 e. The second-order valence-electron chi connectivity index (χ2n) is 5.01. The Hall–Kier alpha value is -1.40. The van der Waals surface area contributed by atoms with Gasteiger partial charge in [-0.25, -0.2) is 8.78 Å². The smallest absolute Gasteiger partial charge is 0.151 e. The van der Waals surface area contributed by atoms with Crippen molar-refractivity contribution in [1.29, 1.82) is 0 Å². The van der Waals surface area contributed by atoms with Gasteiger partial charge in [0, 0.05) is 45.7 Å². The first-order chi connectivity index (χ1) is 8.91. The molecule has 4 nitrogen and oxygen atoms in total. The molecule has 0 radical (unpaired) electrons. The molecule has 1 heterocycles. The molecule has 2 rings (SSSR count). The maximum Gasteiger partial charge on any atom is 0.151 e. The van der Waals surface area contributed by atoms with Crippen LogP contribution in [0.5, 0.6) is 0 Å². The van der Waals surface area contributed by atoms with Gasteiger partial charge in [-0.15, -0.1) is 0 Å². The van der Waals surface area contributed by atoms with Crippen LogP contribution in [0.4, 0.5) is 20.2 Å². The highest BCUT2D eigenvalue weighted by molar-refractivity contribution is 5.68. The van der Waals surface area contributed by atoms with Crippen LogP contribution in [0.25, 0.3) is 0 Å². The molecule has 0 aliphatic carbocycles. The lowest BCUT2D eigenvalue weighted by atomic mass is 9.93. The van der Waals surface area contributed by atoms with Crippen molar-refractivity contribution < 1.29 is 18.6 Å². The van der Waals surface area contributed by atoms with Gasteiger partial charge in [0.1, 0.15) is 5.82 Å². The van der Waals surface area contributed by atoms with Gasteiger partial charge >= 0.3 is 0 Å². The minimum absolute atomic E-state index is 0.112. The highest BCUT2D eigenvalue weighted by atomic mass is 19.1. The van der Waals surface area contributed by atoms with E-state index in [4.69, 9.17) is 10.5 Å². The summed E-state index contributed by atoms with van der Waals surface area (Å²) in [6.45, 7) is 1.22. The zero-order chi connectivity index (χ0) is 14.0. The second kappa shape index (κ2) is 5.30. The standard InChI is InChI=1S/C13H18F2N2O2/c1-17(8-13(18)2-4-19-5-3-13)11-7-9(14)6-10(15)12(11)16/h6-7,18H,2-5,8,16H2,1H3. The summed E-state index contributed by atoms with van der Waals surface area (Å²) in [5, 5.41) is 10.4. The lowest BCUT2D eigenvalue weighted by Crippen LogP contribution is -2.46. The van der Waals surface area contributed by atoms with Crippen LogP contribution in [0, 0.1) is 11.6 Å². The van der Waals surface area contributed by atoms with Gasteiger partial charge in [0.05, 0.1) is 17.0 Å². The summed E-state index contributed by atoms with van der Waals surface area (Å²) < 4.78 is 31.8. The maximum atomic E-state index is 13.4. The topological polar surface area (TPSA) is 58.7 Å². The number of likely N-dealkylation sites (N-methyl/N-ethyl adjacent to an activating group) is 1. The van der Waals surface area contributed by atoms with Crippen LogP contribution in [0.2, 0.25) is 0 Å². The fraction of sp³-hybridized carbons (Fsp3) is 0.538. The van der Waals surface area contributed by atoms with E-state index < -0.39 is 17.2 Å². The Morgan fingerprint density at radius 2 is 2.00 bits per heavy atom. The van der Waals surface area contributed by atoms with Crippen LogP contribution in [-0.4, -0.2) is 37.5 Å². The third-order valence-corrected chi connectivity index (χ3v) is 3.44. The lowest BCUT2D eigenvalue weighted by molar-refractivity contribution is -0.0572. The fourth-order valence-corrected chi connectivity index (χ4v) is 2.32. The quantitative estimate of drug-likeness (QED) is 0.819. The van der Waals surface area contributed by atoms with Crippen LogP contribution in [0.1, 0.15) is 12.8 Å². The third kappa shape index (κ3) is 3.13. The molecule has 1 aromatic rings. The number of anilines is 2. The van der Waals surface area contributed by atoms with E-state index in [1.165, 1.54) is 6.07 Å². The Kier molecular flexibility index (Phi) is 3.91. The molecule has 0 bridgehead atoms. The average Bonchev–Trinajstić information content (AvgIpc) is 2.34. The molecule has 106 valence electrons. The van der Waals surface area contributed by atoms with E-state index in [1.807, 2.05) is 0 Å². The minimum atomic E-state index is -0.914. The first kappa shape index (κ1) is 14.0. The molecule has 1 aromatic carbocycles. The van der Waals surface area contributed by atoms with Crippen LogP contribution in [-0.2, 0) is 4.74 Å². The van der Waals surface area contributed by atoms with E-state index in [0.29, 0.717) is 26.1 Å². The third-order valence-electron chi connectivity index (χ3n) is 3.44. The summed E-state index contributed by atoms with van der Waals surface area (Å²) in [4.78, 5) is 1.58. The van der Waals surface area contributed by atoms with Gasteiger partial charge in [-0.1, -0.05) is 0 Å². The molecule has 0 aromatic heterocycles. The molecule has 0 spiro atoms. The highest BCUT2D eigenvalue weighted by Gasteiger charge is 2.31. The van der Waals surface area contributed by atoms with E-state index >= 15 is 0 Å². The summed E-state index contributed by atoms with van der Waals surface area (Å²) in [7, 11) is 1.65. The zero-order valence-electron chi connectivity index (χ0n) is 10.8. The molecule has 0 unspecified atom stereocenters. The number of halogens is 2. The molecule has 0 saturated carbocycles. The van der Waals surface area contributed by atoms with Crippen molar-refractivity contribution in [2.45, 2.75) is 18.4 Å². The molecule has 1 fully saturated rings. The van der Waals surface area contributed by atoms with E-state index in [-0.39, 0.29) is 17.9 Å². The van der Waals surface area contributed by atoms with Crippen molar-refractivity contribution >= 4 is 11.4 Å². The Morgan fingerprint density at radius 1 is 1.37 bits per heavy atom. The van der Waals surface area contributed by atoms with Gasteiger partial charge in [-0.2, -0.15) is 0 Å². The van der Waals surface area contributed by atoms with E-state index in [9.17, 15) is 13.9 Å². The average molecular weight is 272 g/mol. The number of hydrogen-bond donors (Lipinski definition) is 2. The van der Waals surface area contributed by atoms with Crippen LogP contribution in [0.3, 0.4) is 0 Å². The summed E-state index contributed by atoms with van der Waals surface area (Å²) in [6.07, 6.45) is 0.990. The normalized spacial score (nSPS) is 18.3. The van der Waals surface area contributed by atoms with Crippen LogP contribution >= 0.6 is 0 Å². The first-order valence-electron chi connectivity index (χ1n) is 6.17. The van der Waals surface area contributed by atoms with Crippen LogP contribution < -0.4 is 10.6 Å². The molecule has 0 atom stereocenters. The number of nitrogens with zero attached hydrogens (tertiary/aromatic N) is 1. The van der Waals surface area contributed by atoms with E-state index in [1.54, 1.807) is 11.9 Å². The number of nitrogen functional groups attached to an aromatic ring is 1. The molecule has 19 heavy (non-hydrogen) atoms. The summed E-state index contributed by atoms with van der Waals surface area (Å²) in [5.74, 6) is -1.48. The maximum absolute atomic E-state index is 13.4. The van der Waals surface area contributed by atoms with Crippen molar-refractivity contribution in [1.82, 2.24) is 0 Å². The first-order valence-corrected chi connectivity index (χ1v) is 6.17. The molecule has 0 amide bonds. The van der Waals surface area contributed by atoms with Crippen molar-refractivity contribution in [2.24, 2.45) is 0 Å². The summed E-state index contributed by atoms with van der Waals surface area (Å²) in [6, 6.07) is 1.91. The molecule has 3 N–H and O–H groups in total. The molecule has 1 aliphatic heterocycles. The molecule has 6 heteroatoms. The van der Waals surface area contributed by atoms with Gasteiger partial charge in [0.25, 0.3) is 0 Å². The van der Waals surface area contributed by atoms with Gasteiger partial charge in [-0.3, -0.25) is 0 Å². The largest absolute Gasteiger partial charge is 0.395 e. The van der Waals surface area contributed by atoms with Crippen LogP contribution in [0.15, 0.2) is 12.1 Å². The number of ether oxygens (including phenoxy) is 1. The van der Waals surface area contributed by atoms with E-state index in [2.05, 4.69) is 0 Å². The SMILES string of the molecule is CN(CC1(O)CCOCC1)c1cc(F)cc(F)c1N. The van der Waals surface area contributed by atoms with Crippen molar-refractivity contribution in [3.63, 3.8) is 0 Å². The van der Waals surface area contributed by atoms with E-state index in [0.717, 1.165) is 6.07 Å². The monoisotopic (exact) mass is 272 g/mol. The fourth-order valence-electron chi connectivity index (χ4n) is 2.32. The highest BCUT2D eigenvalue weighted by Crippen LogP contribution is 2.29. The van der Waals surface area contributed by atoms with Gasteiger partial charge in [0.2, 0.25) is 0 Å². The molecule has 1 aliphatic rings. The Bertz CT molecular complexity index is 462. The second-order valence-corrected chi connectivity index (χ2v) is 5.01. The lowest BCUT2D eigenvalue weighted by Gasteiger charge is -2.36. The number of hydrogen-bond acceptors (Lipinski definition) is 4. The number of benzene rings is 1. The predicted octanol–water partition coefficient (Wildman–Crippen LogP) is 1.52. The van der Waals surface area contributed by atoms with Crippen molar-refractivity contribution in [3.8, 4) is 0 Å². The van der Waals surface area contributed by atoms with Gasteiger partial charge in [0.15, 0.2) is 5.82 Å². The molecular formula is C13H18F2N2O2. The Labute approximate surface area is 110 Å². The van der Waals surface area contributed by atoms with Crippen molar-refractivity contribution in [3.05, 3.63) is 23.8 Å². The predicted molar refractivity (Wildman–Crippen MR) is 69.0 cm³/mol.